The van der Waals surface area contributed by atoms with Gasteiger partial charge in [-0.3, -0.25) is 4.79 Å². The van der Waals surface area contributed by atoms with E-state index in [-0.39, 0.29) is 12.5 Å². The van der Waals surface area contributed by atoms with E-state index in [2.05, 4.69) is 5.32 Å². The summed E-state index contributed by atoms with van der Waals surface area (Å²) in [7, 11) is 0. The largest absolute Gasteiger partial charge is 0.490 e. The Morgan fingerprint density at radius 2 is 1.59 bits per heavy atom. The summed E-state index contributed by atoms with van der Waals surface area (Å²) in [4.78, 5) is 12.7. The van der Waals surface area contributed by atoms with Crippen molar-refractivity contribution in [2.24, 2.45) is 23.2 Å². The van der Waals surface area contributed by atoms with Crippen LogP contribution in [0.25, 0.3) is 0 Å². The molecule has 2 aromatic carbocycles. The van der Waals surface area contributed by atoms with Gasteiger partial charge in [-0.05, 0) is 92.2 Å². The second-order valence-electron chi connectivity index (χ2n) is 11.3. The SMILES string of the molecule is O=C(NCc1ccccc1)c1ccccc1OCC(O)CCCCC12CC3CC(CC(C3)C1)C2. The lowest BCUT2D eigenvalue weighted by molar-refractivity contribution is -0.0587. The fraction of sp³-hybridized carbons (Fsp3) is 0.567. The standard InChI is InChI=1S/C30H39NO3/c32-26(10-6-7-13-30-17-23-14-24(18-30)16-25(15-23)19-30)21-34-28-12-5-4-11-27(28)29(33)31-20-22-8-2-1-3-9-22/h1-5,8-9,11-12,23-26,32H,6-7,10,13-21H2,(H,31,33). The van der Waals surface area contributed by atoms with Gasteiger partial charge in [0.05, 0.1) is 11.7 Å². The van der Waals surface area contributed by atoms with E-state index in [4.69, 9.17) is 4.74 Å². The van der Waals surface area contributed by atoms with E-state index in [1.54, 1.807) is 12.1 Å². The Hall–Kier alpha value is -2.33. The van der Waals surface area contributed by atoms with E-state index in [0.717, 1.165) is 36.2 Å². The molecule has 182 valence electrons. The van der Waals surface area contributed by atoms with Gasteiger partial charge in [0.2, 0.25) is 0 Å². The van der Waals surface area contributed by atoms with Crippen molar-refractivity contribution in [3.63, 3.8) is 0 Å². The molecule has 4 aliphatic rings. The quantitative estimate of drug-likeness (QED) is 0.396. The first kappa shape index (κ1) is 23.4. The van der Waals surface area contributed by atoms with E-state index < -0.39 is 6.10 Å². The van der Waals surface area contributed by atoms with Crippen LogP contribution in [0, 0.1) is 23.2 Å². The van der Waals surface area contributed by atoms with Crippen LogP contribution < -0.4 is 10.1 Å². The van der Waals surface area contributed by atoms with Crippen LogP contribution in [-0.2, 0) is 6.54 Å². The molecule has 2 N–H and O–H groups in total. The molecule has 4 heteroatoms. The number of aliphatic hydroxyl groups is 1. The van der Waals surface area contributed by atoms with E-state index in [1.807, 2.05) is 42.5 Å². The minimum Gasteiger partial charge on any atom is -0.490 e. The molecule has 0 aromatic heterocycles. The molecule has 1 unspecified atom stereocenters. The van der Waals surface area contributed by atoms with Crippen LogP contribution in [0.1, 0.15) is 80.1 Å². The van der Waals surface area contributed by atoms with Crippen LogP contribution in [0.3, 0.4) is 0 Å². The summed E-state index contributed by atoms with van der Waals surface area (Å²) >= 11 is 0. The zero-order valence-corrected chi connectivity index (χ0v) is 20.3. The highest BCUT2D eigenvalue weighted by atomic mass is 16.5. The summed E-state index contributed by atoms with van der Waals surface area (Å²) in [6.45, 7) is 0.695. The number of carbonyl (C=O) groups excluding carboxylic acids is 1. The first-order valence-corrected chi connectivity index (χ1v) is 13.3. The van der Waals surface area contributed by atoms with Crippen molar-refractivity contribution in [3.8, 4) is 5.75 Å². The number of aliphatic hydroxyl groups excluding tert-OH is 1. The molecule has 2 aromatic rings. The van der Waals surface area contributed by atoms with Gasteiger partial charge in [-0.25, -0.2) is 0 Å². The Morgan fingerprint density at radius 1 is 0.941 bits per heavy atom. The van der Waals surface area contributed by atoms with Crippen molar-refractivity contribution in [1.82, 2.24) is 5.32 Å². The highest BCUT2D eigenvalue weighted by molar-refractivity contribution is 5.96. The third-order valence-corrected chi connectivity index (χ3v) is 8.52. The molecular formula is C30H39NO3. The highest BCUT2D eigenvalue weighted by Crippen LogP contribution is 2.61. The second-order valence-corrected chi connectivity index (χ2v) is 11.3. The number of ether oxygens (including phenoxy) is 1. The van der Waals surface area contributed by atoms with Crippen LogP contribution in [0.15, 0.2) is 54.6 Å². The highest BCUT2D eigenvalue weighted by Gasteiger charge is 2.50. The Bertz CT molecular complexity index is 921. The monoisotopic (exact) mass is 461 g/mol. The molecular weight excluding hydrogens is 422 g/mol. The summed E-state index contributed by atoms with van der Waals surface area (Å²) in [6, 6.07) is 17.1. The van der Waals surface area contributed by atoms with Gasteiger partial charge < -0.3 is 15.2 Å². The van der Waals surface area contributed by atoms with Crippen LogP contribution in [0.5, 0.6) is 5.75 Å². The van der Waals surface area contributed by atoms with Crippen LogP contribution in [0.4, 0.5) is 0 Å². The minimum absolute atomic E-state index is 0.162. The van der Waals surface area contributed by atoms with Gasteiger partial charge >= 0.3 is 0 Å². The molecule has 4 bridgehead atoms. The third kappa shape index (κ3) is 5.66. The molecule has 0 saturated heterocycles. The predicted molar refractivity (Wildman–Crippen MR) is 135 cm³/mol. The Labute approximate surface area is 204 Å². The van der Waals surface area contributed by atoms with Crippen molar-refractivity contribution < 1.29 is 14.6 Å². The van der Waals surface area contributed by atoms with Gasteiger partial charge in [-0.1, -0.05) is 55.3 Å². The Balaban J connectivity index is 1.05. The molecule has 4 aliphatic carbocycles. The van der Waals surface area contributed by atoms with Crippen LogP contribution in [0.2, 0.25) is 0 Å². The lowest BCUT2D eigenvalue weighted by atomic mass is 9.48. The summed E-state index contributed by atoms with van der Waals surface area (Å²) in [6.07, 6.45) is 12.8. The van der Waals surface area contributed by atoms with Gasteiger partial charge in [0, 0.05) is 6.54 Å². The average Bonchev–Trinajstić information content (AvgIpc) is 2.84. The molecule has 1 amide bonds. The topological polar surface area (TPSA) is 58.6 Å². The maximum Gasteiger partial charge on any atom is 0.255 e. The average molecular weight is 462 g/mol. The molecule has 4 fully saturated rings. The number of rotatable bonds is 11. The molecule has 0 radical (unpaired) electrons. The van der Waals surface area contributed by atoms with Gasteiger partial charge in [0.25, 0.3) is 5.91 Å². The zero-order valence-electron chi connectivity index (χ0n) is 20.3. The number of unbranched alkanes of at least 4 members (excludes halogenated alkanes) is 1. The molecule has 34 heavy (non-hydrogen) atoms. The molecule has 1 atom stereocenters. The molecule has 4 saturated carbocycles. The second kappa shape index (κ2) is 10.5. The first-order chi connectivity index (χ1) is 16.6. The van der Waals surface area contributed by atoms with E-state index in [9.17, 15) is 9.90 Å². The van der Waals surface area contributed by atoms with Crippen molar-refractivity contribution in [2.45, 2.75) is 76.9 Å². The number of hydrogen-bond donors (Lipinski definition) is 2. The van der Waals surface area contributed by atoms with Crippen molar-refractivity contribution in [2.75, 3.05) is 6.61 Å². The van der Waals surface area contributed by atoms with Crippen molar-refractivity contribution in [3.05, 3.63) is 65.7 Å². The smallest absolute Gasteiger partial charge is 0.255 e. The minimum atomic E-state index is -0.503. The van der Waals surface area contributed by atoms with Crippen LogP contribution in [-0.4, -0.2) is 23.7 Å². The van der Waals surface area contributed by atoms with E-state index in [1.165, 1.54) is 51.4 Å². The molecule has 0 aliphatic heterocycles. The number of carbonyl (C=O) groups is 1. The summed E-state index contributed by atoms with van der Waals surface area (Å²) in [5.41, 5.74) is 2.19. The van der Waals surface area contributed by atoms with Gasteiger partial charge in [0.15, 0.2) is 0 Å². The zero-order chi connectivity index (χ0) is 23.4. The number of nitrogens with one attached hydrogen (secondary N) is 1. The van der Waals surface area contributed by atoms with Crippen molar-refractivity contribution >= 4 is 5.91 Å². The number of para-hydroxylation sites is 1. The summed E-state index contributed by atoms with van der Waals surface area (Å²) in [5, 5.41) is 13.5. The van der Waals surface area contributed by atoms with Gasteiger partial charge in [-0.2, -0.15) is 0 Å². The molecule has 0 spiro atoms. The number of amides is 1. The fourth-order valence-electron chi connectivity index (χ4n) is 7.40. The normalized spacial score (nSPS) is 28.0. The Morgan fingerprint density at radius 3 is 2.29 bits per heavy atom. The fourth-order valence-corrected chi connectivity index (χ4v) is 7.40. The molecule has 0 heterocycles. The maximum atomic E-state index is 12.7. The predicted octanol–water partition coefficient (Wildman–Crippen LogP) is 6.13. The summed E-state index contributed by atoms with van der Waals surface area (Å²) in [5.74, 6) is 3.39. The maximum absolute atomic E-state index is 12.7. The van der Waals surface area contributed by atoms with Gasteiger partial charge in [0.1, 0.15) is 12.4 Å². The Kier molecular flexibility index (Phi) is 7.24. The first-order valence-electron chi connectivity index (χ1n) is 13.3. The lowest BCUT2D eigenvalue weighted by Gasteiger charge is -2.57. The number of benzene rings is 2. The van der Waals surface area contributed by atoms with E-state index in [0.29, 0.717) is 23.3 Å². The van der Waals surface area contributed by atoms with Crippen molar-refractivity contribution in [1.29, 1.82) is 0 Å². The van der Waals surface area contributed by atoms with Crippen LogP contribution >= 0.6 is 0 Å². The summed E-state index contributed by atoms with van der Waals surface area (Å²) < 4.78 is 5.89. The molecule has 4 nitrogen and oxygen atoms in total. The van der Waals surface area contributed by atoms with E-state index >= 15 is 0 Å². The number of hydrogen-bond acceptors (Lipinski definition) is 3. The van der Waals surface area contributed by atoms with Gasteiger partial charge in [-0.15, -0.1) is 0 Å². The third-order valence-electron chi connectivity index (χ3n) is 8.52. The lowest BCUT2D eigenvalue weighted by Crippen LogP contribution is -2.45. The molecule has 6 rings (SSSR count).